The molecule has 0 aliphatic carbocycles. The van der Waals surface area contributed by atoms with Gasteiger partial charge in [0.15, 0.2) is 0 Å². The quantitative estimate of drug-likeness (QED) is 0.312. The van der Waals surface area contributed by atoms with Gasteiger partial charge in [0.05, 0.1) is 17.3 Å². The van der Waals surface area contributed by atoms with Crippen molar-refractivity contribution in [1.29, 1.82) is 0 Å². The number of fused-ring (bicyclic) bond motifs is 1. The first kappa shape index (κ1) is 24.5. The van der Waals surface area contributed by atoms with Gasteiger partial charge in [-0.25, -0.2) is 13.1 Å². The van der Waals surface area contributed by atoms with Gasteiger partial charge in [0, 0.05) is 35.6 Å². The molecule has 7 nitrogen and oxygen atoms in total. The van der Waals surface area contributed by atoms with E-state index in [9.17, 15) is 13.5 Å². The summed E-state index contributed by atoms with van der Waals surface area (Å²) < 4.78 is 34.7. The molecule has 1 aromatic heterocycles. The van der Waals surface area contributed by atoms with Gasteiger partial charge in [0.1, 0.15) is 5.58 Å². The van der Waals surface area contributed by atoms with Crippen LogP contribution in [0.15, 0.2) is 88.4 Å². The molecule has 1 atom stereocenters. The predicted octanol–water partition coefficient (Wildman–Crippen LogP) is 4.03. The summed E-state index contributed by atoms with van der Waals surface area (Å²) in [6.45, 7) is 1.99. The van der Waals surface area contributed by atoms with Crippen molar-refractivity contribution in [3.63, 3.8) is 0 Å². The Bertz CT molecular complexity index is 1440. The van der Waals surface area contributed by atoms with E-state index in [0.29, 0.717) is 31.5 Å². The lowest BCUT2D eigenvalue weighted by Gasteiger charge is -2.33. The van der Waals surface area contributed by atoms with E-state index < -0.39 is 16.1 Å². The van der Waals surface area contributed by atoms with E-state index in [-0.39, 0.29) is 10.9 Å². The van der Waals surface area contributed by atoms with Crippen LogP contribution in [0, 0.1) is 0 Å². The number of anilines is 1. The van der Waals surface area contributed by atoms with Gasteiger partial charge in [-0.1, -0.05) is 42.5 Å². The second-order valence-electron chi connectivity index (χ2n) is 9.46. The maximum absolute atomic E-state index is 13.1. The molecule has 8 heteroatoms. The normalized spacial score (nSPS) is 16.4. The van der Waals surface area contributed by atoms with E-state index >= 15 is 0 Å². The summed E-state index contributed by atoms with van der Waals surface area (Å²) in [6.07, 6.45) is 3.10. The van der Waals surface area contributed by atoms with Crippen molar-refractivity contribution in [2.45, 2.75) is 36.3 Å². The van der Waals surface area contributed by atoms with Crippen molar-refractivity contribution >= 4 is 26.7 Å². The lowest BCUT2D eigenvalue weighted by molar-refractivity contribution is 0.0963. The molecule has 0 bridgehead atoms. The van der Waals surface area contributed by atoms with Gasteiger partial charge in [-0.2, -0.15) is 0 Å². The Morgan fingerprint density at radius 3 is 2.50 bits per heavy atom. The van der Waals surface area contributed by atoms with Crippen LogP contribution in [0.25, 0.3) is 22.1 Å². The molecule has 5 rings (SSSR count). The average Bonchev–Trinajstić information content (AvgIpc) is 3.28. The van der Waals surface area contributed by atoms with Crippen molar-refractivity contribution < 1.29 is 17.9 Å². The van der Waals surface area contributed by atoms with Crippen molar-refractivity contribution in [3.8, 4) is 11.1 Å². The Morgan fingerprint density at radius 1 is 1.00 bits per heavy atom. The molecule has 0 saturated carbocycles. The number of β-amino-alcohol motifs (C(OH)–C–C–N with tert-alkyl or cyclic N) is 1. The van der Waals surface area contributed by atoms with E-state index in [0.717, 1.165) is 40.7 Å². The topological polar surface area (TPSA) is 109 Å². The zero-order valence-electron chi connectivity index (χ0n) is 20.0. The zero-order chi connectivity index (χ0) is 25.1. The Morgan fingerprint density at radius 2 is 1.72 bits per heavy atom. The third-order valence-corrected chi connectivity index (χ3v) is 8.28. The molecular formula is C28H31N3O4S. The fraction of sp³-hybridized carbons (Fsp3) is 0.286. The number of para-hydroxylation sites is 1. The number of nitrogen functional groups attached to an aromatic ring is 1. The zero-order valence-corrected chi connectivity index (χ0v) is 20.8. The number of piperidine rings is 1. The molecule has 1 fully saturated rings. The van der Waals surface area contributed by atoms with Crippen LogP contribution in [-0.2, 0) is 16.4 Å². The van der Waals surface area contributed by atoms with E-state index in [2.05, 4.69) is 9.62 Å². The molecule has 2 heterocycles. The fourth-order valence-corrected chi connectivity index (χ4v) is 6.24. The van der Waals surface area contributed by atoms with Crippen LogP contribution in [0.5, 0.6) is 0 Å². The number of rotatable bonds is 8. The number of hydrogen-bond donors (Lipinski definition) is 3. The number of hydrogen-bond acceptors (Lipinski definition) is 6. The van der Waals surface area contributed by atoms with Crippen LogP contribution in [0.1, 0.15) is 18.4 Å². The number of nitrogens with one attached hydrogen (secondary N) is 1. The molecule has 4 N–H and O–H groups in total. The van der Waals surface area contributed by atoms with Gasteiger partial charge in [0.2, 0.25) is 10.0 Å². The monoisotopic (exact) mass is 505 g/mol. The fourth-order valence-electron chi connectivity index (χ4n) is 4.89. The van der Waals surface area contributed by atoms with Crippen molar-refractivity contribution in [3.05, 3.63) is 84.6 Å². The van der Waals surface area contributed by atoms with Crippen LogP contribution < -0.4 is 10.5 Å². The summed E-state index contributed by atoms with van der Waals surface area (Å²) in [5.74, 6) is 0. The number of benzene rings is 3. The molecule has 1 aliphatic rings. The molecule has 188 valence electrons. The maximum Gasteiger partial charge on any atom is 0.240 e. The maximum atomic E-state index is 13.1. The molecule has 0 amide bonds. The highest BCUT2D eigenvalue weighted by molar-refractivity contribution is 7.89. The highest BCUT2D eigenvalue weighted by Crippen LogP contribution is 2.25. The third-order valence-electron chi connectivity index (χ3n) is 6.76. The molecule has 1 saturated heterocycles. The number of sulfonamides is 1. The molecule has 0 radical (unpaired) electrons. The predicted molar refractivity (Wildman–Crippen MR) is 142 cm³/mol. The first-order chi connectivity index (χ1) is 17.4. The summed E-state index contributed by atoms with van der Waals surface area (Å²) >= 11 is 0. The van der Waals surface area contributed by atoms with Crippen molar-refractivity contribution in [2.24, 2.45) is 0 Å². The second kappa shape index (κ2) is 10.4. The van der Waals surface area contributed by atoms with E-state index in [1.165, 1.54) is 0 Å². The number of nitrogens with zero attached hydrogens (tertiary/aromatic N) is 1. The minimum atomic E-state index is -3.66. The van der Waals surface area contributed by atoms with Crippen molar-refractivity contribution in [1.82, 2.24) is 9.62 Å². The lowest BCUT2D eigenvalue weighted by atomic mass is 10.0. The van der Waals surface area contributed by atoms with Gasteiger partial charge in [-0.15, -0.1) is 0 Å². The highest BCUT2D eigenvalue weighted by Gasteiger charge is 2.26. The Labute approximate surface area is 211 Å². The van der Waals surface area contributed by atoms with E-state index in [1.807, 2.05) is 48.5 Å². The van der Waals surface area contributed by atoms with E-state index in [4.69, 9.17) is 10.2 Å². The smallest absolute Gasteiger partial charge is 0.240 e. The van der Waals surface area contributed by atoms with Gasteiger partial charge in [-0.05, 0) is 67.4 Å². The molecule has 3 aromatic carbocycles. The summed E-state index contributed by atoms with van der Waals surface area (Å²) in [4.78, 5) is 2.44. The molecule has 1 unspecified atom stereocenters. The average molecular weight is 506 g/mol. The van der Waals surface area contributed by atoms with Crippen molar-refractivity contribution in [2.75, 3.05) is 25.4 Å². The molecule has 0 spiro atoms. The minimum absolute atomic E-state index is 0.141. The summed E-state index contributed by atoms with van der Waals surface area (Å²) in [5.41, 5.74) is 10.0. The molecular weight excluding hydrogens is 474 g/mol. The van der Waals surface area contributed by atoms with Gasteiger partial charge in [-0.3, -0.25) is 0 Å². The summed E-state index contributed by atoms with van der Waals surface area (Å²) in [5, 5.41) is 11.7. The minimum Gasteiger partial charge on any atom is -0.464 e. The first-order valence-corrected chi connectivity index (χ1v) is 13.7. The first-order valence-electron chi connectivity index (χ1n) is 12.2. The number of aliphatic hydroxyl groups is 1. The van der Waals surface area contributed by atoms with Crippen LogP contribution in [-0.4, -0.2) is 50.2 Å². The Hall–Kier alpha value is -3.17. The van der Waals surface area contributed by atoms with Crippen LogP contribution in [0.4, 0.5) is 5.69 Å². The second-order valence-corrected chi connectivity index (χ2v) is 11.2. The number of nitrogens with two attached hydrogens (primary N) is 1. The van der Waals surface area contributed by atoms with Crippen LogP contribution in [0.2, 0.25) is 0 Å². The number of likely N-dealkylation sites (tertiary alicyclic amines) is 1. The van der Waals surface area contributed by atoms with Crippen LogP contribution in [0.3, 0.4) is 0 Å². The number of aliphatic hydroxyl groups excluding tert-OH is 1. The lowest BCUT2D eigenvalue weighted by Crippen LogP contribution is -2.46. The van der Waals surface area contributed by atoms with Crippen LogP contribution >= 0.6 is 0 Å². The summed E-state index contributed by atoms with van der Waals surface area (Å²) in [7, 11) is -3.66. The third kappa shape index (κ3) is 5.63. The molecule has 36 heavy (non-hydrogen) atoms. The molecule has 1 aliphatic heterocycles. The summed E-state index contributed by atoms with van der Waals surface area (Å²) in [6, 6.07) is 22.0. The molecule has 4 aromatic rings. The van der Waals surface area contributed by atoms with Gasteiger partial charge in [0.25, 0.3) is 0 Å². The Kier molecular flexibility index (Phi) is 7.11. The van der Waals surface area contributed by atoms with Gasteiger partial charge >= 0.3 is 0 Å². The SMILES string of the molecule is Nc1cccc(-c2cccc(S(=O)(=O)NC3CCN(CC(O)Cc4coc5ccccc45)CC3)c2)c1. The number of furan rings is 1. The van der Waals surface area contributed by atoms with Gasteiger partial charge < -0.3 is 20.2 Å². The van der Waals surface area contributed by atoms with E-state index in [1.54, 1.807) is 30.5 Å². The standard InChI is InChI=1S/C28H31N3O4S/c29-23-7-3-5-20(15-23)21-6-4-8-26(17-21)36(33,34)30-24-11-13-31(14-12-24)18-25(32)16-22-19-35-28-10-2-1-9-27(22)28/h1-10,15,17,19,24-25,30,32H,11-14,16,18,29H2. The highest BCUT2D eigenvalue weighted by atomic mass is 32.2. The Balaban J connectivity index is 1.15. The largest absolute Gasteiger partial charge is 0.464 e.